The number of benzene rings is 3. The second-order valence-corrected chi connectivity index (χ2v) is 12.3. The van der Waals surface area contributed by atoms with Gasteiger partial charge >= 0.3 is 0 Å². The Morgan fingerprint density at radius 3 is 2.09 bits per heavy atom. The lowest BCUT2D eigenvalue weighted by Crippen LogP contribution is -2.18. The zero-order chi connectivity index (χ0) is 24.6. The molecule has 0 saturated heterocycles. The number of rotatable bonds is 6. The third kappa shape index (κ3) is 5.66. The number of para-hydroxylation sites is 1. The van der Waals surface area contributed by atoms with E-state index >= 15 is 0 Å². The molecule has 0 aliphatic heterocycles. The van der Waals surface area contributed by atoms with Gasteiger partial charge in [0.15, 0.2) is 0 Å². The van der Waals surface area contributed by atoms with E-state index in [1.165, 1.54) is 30.3 Å². The molecule has 0 spiro atoms. The summed E-state index contributed by atoms with van der Waals surface area (Å²) in [6.45, 7) is 7.57. The van der Waals surface area contributed by atoms with Crippen molar-refractivity contribution in [3.63, 3.8) is 0 Å². The molecular formula is C23H24ClFN2O4S2. The van der Waals surface area contributed by atoms with Gasteiger partial charge in [-0.1, -0.05) is 56.6 Å². The Morgan fingerprint density at radius 2 is 1.45 bits per heavy atom. The molecule has 0 radical (unpaired) electrons. The largest absolute Gasteiger partial charge is 0.278 e. The van der Waals surface area contributed by atoms with E-state index in [0.29, 0.717) is 5.56 Å². The quantitative estimate of drug-likeness (QED) is 0.445. The van der Waals surface area contributed by atoms with Crippen LogP contribution in [0, 0.1) is 12.7 Å². The van der Waals surface area contributed by atoms with Crippen LogP contribution in [0.25, 0.3) is 0 Å². The van der Waals surface area contributed by atoms with Crippen LogP contribution < -0.4 is 9.44 Å². The predicted octanol–water partition coefficient (Wildman–Crippen LogP) is 5.69. The Morgan fingerprint density at radius 1 is 0.818 bits per heavy atom. The molecule has 3 aromatic carbocycles. The minimum absolute atomic E-state index is 0.00745. The van der Waals surface area contributed by atoms with Crippen LogP contribution >= 0.6 is 11.6 Å². The van der Waals surface area contributed by atoms with Crippen LogP contribution in [0.2, 0.25) is 5.02 Å². The fraction of sp³-hybridized carbons (Fsp3) is 0.217. The SMILES string of the molecule is Cc1ccc(C(C)(C)C)cc1S(=O)(=O)Nc1cc(S(=O)(=O)Nc2ccccc2F)ccc1Cl. The number of hydrogen-bond acceptors (Lipinski definition) is 4. The third-order valence-electron chi connectivity index (χ3n) is 4.95. The van der Waals surface area contributed by atoms with Crippen molar-refractivity contribution in [1.29, 1.82) is 0 Å². The van der Waals surface area contributed by atoms with Gasteiger partial charge in [0.2, 0.25) is 0 Å². The summed E-state index contributed by atoms with van der Waals surface area (Å²) in [6.07, 6.45) is 0. The molecular weight excluding hydrogens is 487 g/mol. The summed E-state index contributed by atoms with van der Waals surface area (Å²) < 4.78 is 70.3. The lowest BCUT2D eigenvalue weighted by atomic mass is 9.87. The average molecular weight is 511 g/mol. The molecule has 0 atom stereocenters. The number of nitrogens with one attached hydrogen (secondary N) is 2. The molecule has 0 unspecified atom stereocenters. The first kappa shape index (κ1) is 25.0. The molecule has 0 amide bonds. The minimum atomic E-state index is -4.21. The van der Waals surface area contributed by atoms with E-state index in [-0.39, 0.29) is 31.6 Å². The first-order valence-electron chi connectivity index (χ1n) is 9.91. The molecule has 0 aliphatic rings. The molecule has 176 valence electrons. The topological polar surface area (TPSA) is 92.3 Å². The Hall–Kier alpha value is -2.62. The monoisotopic (exact) mass is 510 g/mol. The van der Waals surface area contributed by atoms with Crippen molar-refractivity contribution in [2.75, 3.05) is 9.44 Å². The molecule has 3 rings (SSSR count). The highest BCUT2D eigenvalue weighted by molar-refractivity contribution is 7.93. The Balaban J connectivity index is 1.99. The van der Waals surface area contributed by atoms with Crippen molar-refractivity contribution in [3.05, 3.63) is 82.6 Å². The van der Waals surface area contributed by atoms with Crippen LogP contribution in [0.5, 0.6) is 0 Å². The van der Waals surface area contributed by atoms with Crippen molar-refractivity contribution >= 4 is 43.0 Å². The van der Waals surface area contributed by atoms with Crippen molar-refractivity contribution < 1.29 is 21.2 Å². The second-order valence-electron chi connectivity index (χ2n) is 8.56. The lowest BCUT2D eigenvalue weighted by Gasteiger charge is -2.21. The maximum Gasteiger partial charge on any atom is 0.262 e. The molecule has 0 aromatic heterocycles. The van der Waals surface area contributed by atoms with Crippen molar-refractivity contribution in [2.24, 2.45) is 0 Å². The summed E-state index contributed by atoms with van der Waals surface area (Å²) in [5.41, 5.74) is 0.724. The van der Waals surface area contributed by atoms with Gasteiger partial charge in [0.1, 0.15) is 5.82 Å². The van der Waals surface area contributed by atoms with Crippen molar-refractivity contribution in [2.45, 2.75) is 42.9 Å². The van der Waals surface area contributed by atoms with Gasteiger partial charge in [-0.25, -0.2) is 21.2 Å². The van der Waals surface area contributed by atoms with E-state index in [9.17, 15) is 21.2 Å². The van der Waals surface area contributed by atoms with Crippen molar-refractivity contribution in [3.8, 4) is 0 Å². The van der Waals surface area contributed by atoms with Gasteiger partial charge in [0.05, 0.1) is 26.2 Å². The molecule has 3 aromatic rings. The van der Waals surface area contributed by atoms with Gasteiger partial charge in [0, 0.05) is 0 Å². The second kappa shape index (κ2) is 8.96. The summed E-state index contributed by atoms with van der Waals surface area (Å²) in [5.74, 6) is -0.745. The summed E-state index contributed by atoms with van der Waals surface area (Å²) in [6, 6.07) is 14.0. The van der Waals surface area contributed by atoms with Gasteiger partial charge in [-0.2, -0.15) is 0 Å². The van der Waals surface area contributed by atoms with Crippen LogP contribution in [0.3, 0.4) is 0 Å². The number of anilines is 2. The molecule has 33 heavy (non-hydrogen) atoms. The zero-order valence-corrected chi connectivity index (χ0v) is 20.9. The standard InChI is InChI=1S/C23H24ClFN2O4S2/c1-15-9-10-16(23(2,3)4)13-22(15)33(30,31)27-21-14-17(11-12-18(21)24)32(28,29)26-20-8-6-5-7-19(20)25/h5-14,26-27H,1-4H3. The van der Waals surface area contributed by atoms with E-state index in [4.69, 9.17) is 11.6 Å². The predicted molar refractivity (Wildman–Crippen MR) is 129 cm³/mol. The smallest absolute Gasteiger partial charge is 0.262 e. The fourth-order valence-electron chi connectivity index (χ4n) is 3.05. The Bertz CT molecular complexity index is 1420. The molecule has 0 aliphatic carbocycles. The number of halogens is 2. The number of aryl methyl sites for hydroxylation is 1. The van der Waals surface area contributed by atoms with E-state index in [1.807, 2.05) is 26.8 Å². The molecule has 0 fully saturated rings. The maximum absolute atomic E-state index is 13.9. The zero-order valence-electron chi connectivity index (χ0n) is 18.5. The van der Waals surface area contributed by atoms with Gasteiger partial charge in [-0.15, -0.1) is 0 Å². The molecule has 0 bridgehead atoms. The molecule has 6 nitrogen and oxygen atoms in total. The van der Waals surface area contributed by atoms with Crippen LogP contribution in [-0.4, -0.2) is 16.8 Å². The van der Waals surface area contributed by atoms with Crippen LogP contribution in [0.1, 0.15) is 31.9 Å². The van der Waals surface area contributed by atoms with Crippen LogP contribution in [0.4, 0.5) is 15.8 Å². The normalized spacial score (nSPS) is 12.4. The Kier molecular flexibility index (Phi) is 6.79. The highest BCUT2D eigenvalue weighted by Gasteiger charge is 2.24. The molecule has 2 N–H and O–H groups in total. The molecule has 10 heteroatoms. The minimum Gasteiger partial charge on any atom is -0.278 e. The highest BCUT2D eigenvalue weighted by Crippen LogP contribution is 2.31. The summed E-state index contributed by atoms with van der Waals surface area (Å²) in [5, 5.41) is 0.00745. The van der Waals surface area contributed by atoms with Crippen LogP contribution in [0.15, 0.2) is 70.5 Å². The van der Waals surface area contributed by atoms with Gasteiger partial charge in [0.25, 0.3) is 20.0 Å². The van der Waals surface area contributed by atoms with E-state index < -0.39 is 25.9 Å². The molecule has 0 saturated carbocycles. The van der Waals surface area contributed by atoms with Gasteiger partial charge < -0.3 is 0 Å². The van der Waals surface area contributed by atoms with E-state index in [0.717, 1.165) is 17.7 Å². The lowest BCUT2D eigenvalue weighted by molar-refractivity contribution is 0.584. The van der Waals surface area contributed by atoms with E-state index in [1.54, 1.807) is 19.1 Å². The maximum atomic E-state index is 13.9. The first-order chi connectivity index (χ1) is 15.2. The van der Waals surface area contributed by atoms with Gasteiger partial charge in [-0.05, 0) is 59.9 Å². The highest BCUT2D eigenvalue weighted by atomic mass is 35.5. The summed E-state index contributed by atoms with van der Waals surface area (Å²) in [4.78, 5) is -0.225. The summed E-state index contributed by atoms with van der Waals surface area (Å²) >= 11 is 6.17. The van der Waals surface area contributed by atoms with Crippen molar-refractivity contribution in [1.82, 2.24) is 0 Å². The molecule has 0 heterocycles. The first-order valence-corrected chi connectivity index (χ1v) is 13.3. The Labute approximate surface area is 198 Å². The van der Waals surface area contributed by atoms with Gasteiger partial charge in [-0.3, -0.25) is 9.44 Å². The average Bonchev–Trinajstić information content (AvgIpc) is 2.70. The fourth-order valence-corrected chi connectivity index (χ4v) is 5.71. The van der Waals surface area contributed by atoms with E-state index in [2.05, 4.69) is 9.44 Å². The third-order valence-corrected chi connectivity index (χ3v) is 8.15. The summed E-state index contributed by atoms with van der Waals surface area (Å²) in [7, 11) is -8.30. The van der Waals surface area contributed by atoms with Crippen LogP contribution in [-0.2, 0) is 25.5 Å². The number of hydrogen-bond donors (Lipinski definition) is 2. The number of sulfonamides is 2.